The van der Waals surface area contributed by atoms with Gasteiger partial charge < -0.3 is 14.7 Å². The smallest absolute Gasteiger partial charge is 0.267 e. The molecule has 0 bridgehead atoms. The van der Waals surface area contributed by atoms with Gasteiger partial charge >= 0.3 is 0 Å². The Hall–Kier alpha value is -1.43. The lowest BCUT2D eigenvalue weighted by Gasteiger charge is -2.22. The van der Waals surface area contributed by atoms with Crippen molar-refractivity contribution >= 4 is 29.1 Å². The Morgan fingerprint density at radius 2 is 2.25 bits per heavy atom. The maximum Gasteiger partial charge on any atom is 0.267 e. The van der Waals surface area contributed by atoms with Crippen LogP contribution in [0.25, 0.3) is 0 Å². The van der Waals surface area contributed by atoms with Gasteiger partial charge in [-0.3, -0.25) is 9.69 Å². The van der Waals surface area contributed by atoms with Gasteiger partial charge in [-0.05, 0) is 32.3 Å². The molecule has 2 rings (SSSR count). The summed E-state index contributed by atoms with van der Waals surface area (Å²) >= 11 is 11.6. The molecule has 0 radical (unpaired) electrons. The number of hydrogen-bond acceptors (Lipinski definition) is 3. The SMILES string of the molecule is CN(C)C(CNC(=O)c1cc(Cl)c(Cl)[nH]1)c1ccco1. The number of halogens is 2. The Morgan fingerprint density at radius 3 is 2.75 bits per heavy atom. The summed E-state index contributed by atoms with van der Waals surface area (Å²) < 4.78 is 5.38. The van der Waals surface area contributed by atoms with Gasteiger partial charge in [-0.25, -0.2) is 0 Å². The van der Waals surface area contributed by atoms with Crippen molar-refractivity contribution in [3.05, 3.63) is 46.1 Å². The van der Waals surface area contributed by atoms with E-state index < -0.39 is 0 Å². The first-order chi connectivity index (χ1) is 9.49. The van der Waals surface area contributed by atoms with E-state index in [1.54, 1.807) is 6.26 Å². The van der Waals surface area contributed by atoms with E-state index in [-0.39, 0.29) is 17.1 Å². The van der Waals surface area contributed by atoms with Crippen molar-refractivity contribution in [1.82, 2.24) is 15.2 Å². The van der Waals surface area contributed by atoms with Crippen LogP contribution in [0, 0.1) is 0 Å². The minimum absolute atomic E-state index is 0.0464. The molecule has 0 aliphatic rings. The van der Waals surface area contributed by atoms with E-state index in [1.807, 2.05) is 31.1 Å². The van der Waals surface area contributed by atoms with Crippen LogP contribution in [0.1, 0.15) is 22.3 Å². The van der Waals surface area contributed by atoms with Crippen molar-refractivity contribution in [3.8, 4) is 0 Å². The first kappa shape index (κ1) is 15.0. The molecule has 0 fully saturated rings. The number of aromatic nitrogens is 1. The first-order valence-electron chi connectivity index (χ1n) is 6.01. The summed E-state index contributed by atoms with van der Waals surface area (Å²) in [6.07, 6.45) is 1.61. The van der Waals surface area contributed by atoms with E-state index in [4.69, 9.17) is 27.6 Å². The maximum atomic E-state index is 12.0. The van der Waals surface area contributed by atoms with Crippen LogP contribution in [-0.2, 0) is 0 Å². The zero-order chi connectivity index (χ0) is 14.7. The van der Waals surface area contributed by atoms with E-state index in [2.05, 4.69) is 10.3 Å². The molecule has 1 amide bonds. The van der Waals surface area contributed by atoms with Crippen LogP contribution < -0.4 is 5.32 Å². The number of carbonyl (C=O) groups excluding carboxylic acids is 1. The van der Waals surface area contributed by atoms with Gasteiger partial charge in [0.25, 0.3) is 5.91 Å². The molecule has 0 spiro atoms. The fraction of sp³-hybridized carbons (Fsp3) is 0.308. The average molecular weight is 316 g/mol. The van der Waals surface area contributed by atoms with Crippen LogP contribution in [0.5, 0.6) is 0 Å². The fourth-order valence-electron chi connectivity index (χ4n) is 1.83. The second-order valence-electron chi connectivity index (χ2n) is 4.55. The summed E-state index contributed by atoms with van der Waals surface area (Å²) in [6, 6.07) is 5.14. The molecule has 0 aliphatic heterocycles. The van der Waals surface area contributed by atoms with Gasteiger partial charge in [0.1, 0.15) is 16.6 Å². The normalized spacial score (nSPS) is 12.7. The molecule has 2 N–H and O–H groups in total. The Morgan fingerprint density at radius 1 is 1.50 bits per heavy atom. The number of amides is 1. The molecule has 108 valence electrons. The van der Waals surface area contributed by atoms with Gasteiger partial charge in [-0.2, -0.15) is 0 Å². The Balaban J connectivity index is 2.01. The van der Waals surface area contributed by atoms with E-state index in [9.17, 15) is 4.79 Å². The third-order valence-electron chi connectivity index (χ3n) is 2.92. The van der Waals surface area contributed by atoms with Crippen molar-refractivity contribution in [1.29, 1.82) is 0 Å². The van der Waals surface area contributed by atoms with Crippen LogP contribution in [-0.4, -0.2) is 36.4 Å². The van der Waals surface area contributed by atoms with E-state index >= 15 is 0 Å². The number of H-pyrrole nitrogens is 1. The molecule has 7 heteroatoms. The van der Waals surface area contributed by atoms with Crippen LogP contribution in [0.3, 0.4) is 0 Å². The topological polar surface area (TPSA) is 61.3 Å². The lowest BCUT2D eigenvalue weighted by Crippen LogP contribution is -2.34. The summed E-state index contributed by atoms with van der Waals surface area (Å²) in [6.45, 7) is 0.410. The Kier molecular flexibility index (Phi) is 4.75. The molecule has 0 aliphatic carbocycles. The number of likely N-dealkylation sites (N-methyl/N-ethyl adjacent to an activating group) is 1. The number of nitrogens with zero attached hydrogens (tertiary/aromatic N) is 1. The maximum absolute atomic E-state index is 12.0. The average Bonchev–Trinajstić information content (AvgIpc) is 3.00. The number of carbonyl (C=O) groups is 1. The number of nitrogens with one attached hydrogen (secondary N) is 2. The van der Waals surface area contributed by atoms with Crippen molar-refractivity contribution in [3.63, 3.8) is 0 Å². The molecule has 2 aromatic rings. The summed E-state index contributed by atoms with van der Waals surface area (Å²) in [5.74, 6) is 0.523. The van der Waals surface area contributed by atoms with Crippen molar-refractivity contribution in [2.24, 2.45) is 0 Å². The van der Waals surface area contributed by atoms with Gasteiger partial charge in [0, 0.05) is 6.54 Å². The van der Waals surface area contributed by atoms with Gasteiger partial charge in [0.2, 0.25) is 0 Å². The standard InChI is InChI=1S/C13H15Cl2N3O2/c1-18(2)10(11-4-3-5-20-11)7-16-13(19)9-6-8(14)12(15)17-9/h3-6,10,17H,7H2,1-2H3,(H,16,19). The molecule has 1 unspecified atom stereocenters. The number of hydrogen-bond donors (Lipinski definition) is 2. The molecule has 0 saturated carbocycles. The third-order valence-corrected chi connectivity index (χ3v) is 3.61. The van der Waals surface area contributed by atoms with Crippen LogP contribution in [0.2, 0.25) is 10.2 Å². The van der Waals surface area contributed by atoms with Crippen molar-refractivity contribution in [2.75, 3.05) is 20.6 Å². The van der Waals surface area contributed by atoms with Gasteiger partial charge in [-0.1, -0.05) is 23.2 Å². The second kappa shape index (κ2) is 6.35. The lowest BCUT2D eigenvalue weighted by molar-refractivity contribution is 0.0934. The van der Waals surface area contributed by atoms with Gasteiger partial charge in [0.15, 0.2) is 0 Å². The summed E-state index contributed by atoms with van der Waals surface area (Å²) in [5.41, 5.74) is 0.331. The highest BCUT2D eigenvalue weighted by Gasteiger charge is 2.19. The first-order valence-corrected chi connectivity index (χ1v) is 6.76. The second-order valence-corrected chi connectivity index (χ2v) is 5.33. The summed E-state index contributed by atoms with van der Waals surface area (Å²) in [7, 11) is 3.84. The highest BCUT2D eigenvalue weighted by atomic mass is 35.5. The van der Waals surface area contributed by atoms with E-state index in [0.29, 0.717) is 17.3 Å². The van der Waals surface area contributed by atoms with Gasteiger partial charge in [-0.15, -0.1) is 0 Å². The quantitative estimate of drug-likeness (QED) is 0.891. The molecule has 2 aromatic heterocycles. The zero-order valence-electron chi connectivity index (χ0n) is 11.1. The van der Waals surface area contributed by atoms with Crippen LogP contribution in [0.4, 0.5) is 0 Å². The molecule has 20 heavy (non-hydrogen) atoms. The fourth-order valence-corrected chi connectivity index (χ4v) is 2.14. The molecule has 5 nitrogen and oxygen atoms in total. The third kappa shape index (κ3) is 3.36. The minimum atomic E-state index is -0.266. The molecule has 2 heterocycles. The van der Waals surface area contributed by atoms with Crippen molar-refractivity contribution < 1.29 is 9.21 Å². The van der Waals surface area contributed by atoms with Crippen molar-refractivity contribution in [2.45, 2.75) is 6.04 Å². The Labute approximate surface area is 126 Å². The number of rotatable bonds is 5. The van der Waals surface area contributed by atoms with E-state index in [0.717, 1.165) is 5.76 Å². The van der Waals surface area contributed by atoms with E-state index in [1.165, 1.54) is 6.07 Å². The zero-order valence-corrected chi connectivity index (χ0v) is 12.6. The monoisotopic (exact) mass is 315 g/mol. The van der Waals surface area contributed by atoms with Crippen LogP contribution >= 0.6 is 23.2 Å². The minimum Gasteiger partial charge on any atom is -0.468 e. The van der Waals surface area contributed by atoms with Crippen LogP contribution in [0.15, 0.2) is 28.9 Å². The number of aromatic amines is 1. The Bertz CT molecular complexity index is 559. The summed E-state index contributed by atoms with van der Waals surface area (Å²) in [4.78, 5) is 16.7. The highest BCUT2D eigenvalue weighted by molar-refractivity contribution is 6.41. The van der Waals surface area contributed by atoms with Gasteiger partial charge in [0.05, 0.1) is 17.3 Å². The number of furan rings is 1. The lowest BCUT2D eigenvalue weighted by atomic mass is 10.2. The molecule has 0 aromatic carbocycles. The molecule has 1 atom stereocenters. The molecular formula is C13H15Cl2N3O2. The predicted molar refractivity (Wildman–Crippen MR) is 78.3 cm³/mol. The molecular weight excluding hydrogens is 301 g/mol. The largest absolute Gasteiger partial charge is 0.468 e. The highest BCUT2D eigenvalue weighted by Crippen LogP contribution is 2.22. The molecule has 0 saturated heterocycles. The predicted octanol–water partition coefficient (Wildman–Crippen LogP) is 2.95. The summed E-state index contributed by atoms with van der Waals surface area (Å²) in [5, 5.41) is 3.40.